The molecule has 15 heavy (non-hydrogen) atoms. The molecule has 1 heterocycles. The zero-order valence-electron chi connectivity index (χ0n) is 9.41. The van der Waals surface area contributed by atoms with Crippen molar-refractivity contribution in [3.63, 3.8) is 0 Å². The quantitative estimate of drug-likeness (QED) is 0.821. The highest BCUT2D eigenvalue weighted by Gasteiger charge is 2.19. The van der Waals surface area contributed by atoms with Crippen LogP contribution in [-0.4, -0.2) is 5.11 Å². The van der Waals surface area contributed by atoms with Crippen LogP contribution in [0.5, 0.6) is 0 Å². The fourth-order valence-corrected chi connectivity index (χ4v) is 3.48. The van der Waals surface area contributed by atoms with Crippen molar-refractivity contribution in [2.24, 2.45) is 5.92 Å². The van der Waals surface area contributed by atoms with Crippen molar-refractivity contribution in [1.82, 2.24) is 0 Å². The Morgan fingerprint density at radius 3 is 2.67 bits per heavy atom. The van der Waals surface area contributed by atoms with E-state index in [1.165, 1.54) is 37.7 Å². The normalized spacial score (nSPS) is 20.4. The zero-order chi connectivity index (χ0) is 10.7. The van der Waals surface area contributed by atoms with Crippen molar-refractivity contribution in [2.75, 3.05) is 0 Å². The molecule has 1 saturated carbocycles. The van der Waals surface area contributed by atoms with Crippen LogP contribution in [0.3, 0.4) is 0 Å². The molecular formula is C13H20OS. The van der Waals surface area contributed by atoms with Gasteiger partial charge in [-0.1, -0.05) is 32.1 Å². The molecule has 1 aliphatic rings. The van der Waals surface area contributed by atoms with Crippen LogP contribution in [0.2, 0.25) is 0 Å². The predicted molar refractivity (Wildman–Crippen MR) is 65.2 cm³/mol. The fourth-order valence-electron chi connectivity index (χ4n) is 2.58. The molecule has 0 saturated heterocycles. The van der Waals surface area contributed by atoms with Gasteiger partial charge in [0.15, 0.2) is 0 Å². The van der Waals surface area contributed by atoms with E-state index in [0.717, 1.165) is 17.9 Å². The van der Waals surface area contributed by atoms with Crippen LogP contribution in [0.4, 0.5) is 0 Å². The van der Waals surface area contributed by atoms with Crippen LogP contribution in [0.1, 0.15) is 55.8 Å². The lowest BCUT2D eigenvalue weighted by Gasteiger charge is -2.24. The summed E-state index contributed by atoms with van der Waals surface area (Å²) in [5.41, 5.74) is 2.41. The first kappa shape index (κ1) is 11.2. The molecule has 0 spiro atoms. The van der Waals surface area contributed by atoms with Crippen molar-refractivity contribution >= 4 is 11.3 Å². The molecule has 2 heteroatoms. The van der Waals surface area contributed by atoms with Crippen LogP contribution in [0, 0.1) is 12.8 Å². The number of hydrogen-bond donors (Lipinski definition) is 1. The van der Waals surface area contributed by atoms with Crippen molar-refractivity contribution in [3.8, 4) is 0 Å². The minimum absolute atomic E-state index is 0.223. The van der Waals surface area contributed by atoms with Crippen molar-refractivity contribution in [1.29, 1.82) is 0 Å². The summed E-state index contributed by atoms with van der Waals surface area (Å²) >= 11 is 1.70. The molecule has 2 rings (SSSR count). The average Bonchev–Trinajstić information content (AvgIpc) is 2.66. The molecule has 0 aliphatic heterocycles. The number of hydrogen-bond acceptors (Lipinski definition) is 2. The standard InChI is InChI=1S/C13H20OS/c1-10-8-15-9-12(10)13(14)7-11-5-3-2-4-6-11/h8-9,11,13-14H,2-7H2,1H3. The number of aryl methyl sites for hydroxylation is 1. The average molecular weight is 224 g/mol. The van der Waals surface area contributed by atoms with Crippen LogP contribution in [-0.2, 0) is 0 Å². The molecule has 1 fully saturated rings. The first-order chi connectivity index (χ1) is 7.27. The Morgan fingerprint density at radius 2 is 2.07 bits per heavy atom. The second-order valence-corrected chi connectivity index (χ2v) is 5.51. The van der Waals surface area contributed by atoms with E-state index in [2.05, 4.69) is 17.7 Å². The number of aliphatic hydroxyl groups is 1. The largest absolute Gasteiger partial charge is 0.388 e. The van der Waals surface area contributed by atoms with Gasteiger partial charge >= 0.3 is 0 Å². The summed E-state index contributed by atoms with van der Waals surface area (Å²) in [5, 5.41) is 14.4. The molecule has 1 nitrogen and oxygen atoms in total. The zero-order valence-corrected chi connectivity index (χ0v) is 10.2. The number of rotatable bonds is 3. The second-order valence-electron chi connectivity index (χ2n) is 4.77. The maximum Gasteiger partial charge on any atom is 0.0803 e. The van der Waals surface area contributed by atoms with E-state index in [9.17, 15) is 5.11 Å². The number of aliphatic hydroxyl groups excluding tert-OH is 1. The third kappa shape index (κ3) is 2.82. The molecule has 1 unspecified atom stereocenters. The van der Waals surface area contributed by atoms with Gasteiger partial charge in [0.2, 0.25) is 0 Å². The molecule has 84 valence electrons. The highest BCUT2D eigenvalue weighted by Crippen LogP contribution is 2.33. The lowest BCUT2D eigenvalue weighted by atomic mass is 9.84. The summed E-state index contributed by atoms with van der Waals surface area (Å²) < 4.78 is 0. The third-order valence-electron chi connectivity index (χ3n) is 3.54. The smallest absolute Gasteiger partial charge is 0.0803 e. The highest BCUT2D eigenvalue weighted by atomic mass is 32.1. The Morgan fingerprint density at radius 1 is 1.33 bits per heavy atom. The Balaban J connectivity index is 1.91. The summed E-state index contributed by atoms with van der Waals surface area (Å²) in [6, 6.07) is 0. The molecule has 1 aromatic heterocycles. The van der Waals surface area contributed by atoms with Gasteiger partial charge in [-0.2, -0.15) is 11.3 Å². The molecule has 0 aromatic carbocycles. The summed E-state index contributed by atoms with van der Waals surface area (Å²) in [6.45, 7) is 2.09. The van der Waals surface area contributed by atoms with Gasteiger partial charge in [0, 0.05) is 0 Å². The SMILES string of the molecule is Cc1cscc1C(O)CC1CCCCC1. The Bertz CT molecular complexity index is 299. The first-order valence-corrected chi connectivity index (χ1v) is 6.92. The van der Waals surface area contributed by atoms with Crippen LogP contribution >= 0.6 is 11.3 Å². The molecule has 0 bridgehead atoms. The minimum atomic E-state index is -0.223. The third-order valence-corrected chi connectivity index (χ3v) is 4.42. The second kappa shape index (κ2) is 5.13. The summed E-state index contributed by atoms with van der Waals surface area (Å²) in [6.07, 6.45) is 7.50. The van der Waals surface area contributed by atoms with Gasteiger partial charge in [0.25, 0.3) is 0 Å². The molecule has 1 aromatic rings. The van der Waals surface area contributed by atoms with Gasteiger partial charge in [-0.3, -0.25) is 0 Å². The summed E-state index contributed by atoms with van der Waals surface area (Å²) in [4.78, 5) is 0. The van der Waals surface area contributed by atoms with E-state index in [1.54, 1.807) is 11.3 Å². The van der Waals surface area contributed by atoms with E-state index < -0.39 is 0 Å². The van der Waals surface area contributed by atoms with Crippen LogP contribution in [0.15, 0.2) is 10.8 Å². The maximum atomic E-state index is 10.1. The molecule has 0 amide bonds. The van der Waals surface area contributed by atoms with Gasteiger partial charge in [0.05, 0.1) is 6.10 Å². The summed E-state index contributed by atoms with van der Waals surface area (Å²) in [7, 11) is 0. The van der Waals surface area contributed by atoms with E-state index in [1.807, 2.05) is 0 Å². The van der Waals surface area contributed by atoms with Crippen LogP contribution in [0.25, 0.3) is 0 Å². The Hall–Kier alpha value is -0.340. The van der Waals surface area contributed by atoms with Gasteiger partial charge in [0.1, 0.15) is 0 Å². The minimum Gasteiger partial charge on any atom is -0.388 e. The van der Waals surface area contributed by atoms with Crippen molar-refractivity contribution in [3.05, 3.63) is 21.9 Å². The monoisotopic (exact) mass is 224 g/mol. The van der Waals surface area contributed by atoms with Gasteiger partial charge in [-0.15, -0.1) is 0 Å². The first-order valence-electron chi connectivity index (χ1n) is 5.98. The van der Waals surface area contributed by atoms with Crippen LogP contribution < -0.4 is 0 Å². The Labute approximate surface area is 96.1 Å². The van der Waals surface area contributed by atoms with Gasteiger partial charge in [-0.05, 0) is 41.1 Å². The van der Waals surface area contributed by atoms with E-state index in [-0.39, 0.29) is 6.10 Å². The lowest BCUT2D eigenvalue weighted by molar-refractivity contribution is 0.131. The van der Waals surface area contributed by atoms with Crippen molar-refractivity contribution < 1.29 is 5.11 Å². The van der Waals surface area contributed by atoms with Gasteiger partial charge in [-0.25, -0.2) is 0 Å². The van der Waals surface area contributed by atoms with E-state index in [4.69, 9.17) is 0 Å². The van der Waals surface area contributed by atoms with Gasteiger partial charge < -0.3 is 5.11 Å². The molecule has 0 radical (unpaired) electrons. The lowest BCUT2D eigenvalue weighted by Crippen LogP contribution is -2.11. The van der Waals surface area contributed by atoms with Crippen molar-refractivity contribution in [2.45, 2.75) is 51.6 Å². The maximum absolute atomic E-state index is 10.1. The topological polar surface area (TPSA) is 20.2 Å². The number of thiophene rings is 1. The molecule has 1 atom stereocenters. The molecule has 1 N–H and O–H groups in total. The summed E-state index contributed by atoms with van der Waals surface area (Å²) in [5.74, 6) is 0.757. The fraction of sp³-hybridized carbons (Fsp3) is 0.692. The molecular weight excluding hydrogens is 204 g/mol. The Kier molecular flexibility index (Phi) is 3.81. The van der Waals surface area contributed by atoms with E-state index >= 15 is 0 Å². The molecule has 1 aliphatic carbocycles. The van der Waals surface area contributed by atoms with E-state index in [0.29, 0.717) is 0 Å². The highest BCUT2D eigenvalue weighted by molar-refractivity contribution is 7.08. The predicted octanol–water partition coefficient (Wildman–Crippen LogP) is 4.06.